The van der Waals surface area contributed by atoms with Gasteiger partial charge in [-0.2, -0.15) is 0 Å². The van der Waals surface area contributed by atoms with Crippen molar-refractivity contribution in [2.24, 2.45) is 0 Å². The summed E-state index contributed by atoms with van der Waals surface area (Å²) in [5, 5.41) is 3.85. The summed E-state index contributed by atoms with van der Waals surface area (Å²) in [6.07, 6.45) is 1.86. The van der Waals surface area contributed by atoms with Crippen LogP contribution in [0.1, 0.15) is 38.1 Å². The molecule has 1 unspecified atom stereocenters. The van der Waals surface area contributed by atoms with E-state index >= 15 is 0 Å². The first-order chi connectivity index (χ1) is 13.0. The lowest BCUT2D eigenvalue weighted by molar-refractivity contribution is -0.136. The quantitative estimate of drug-likeness (QED) is 0.701. The van der Waals surface area contributed by atoms with E-state index in [-0.39, 0.29) is 18.4 Å². The summed E-state index contributed by atoms with van der Waals surface area (Å²) < 4.78 is 7.14. The van der Waals surface area contributed by atoms with Crippen molar-refractivity contribution in [2.45, 2.75) is 33.4 Å². The fraction of sp³-hybridized carbons (Fsp3) is 0.400. The number of carbonyl (C=O) groups excluding carboxylic acids is 1. The Labute approximate surface area is 176 Å². The van der Waals surface area contributed by atoms with Gasteiger partial charge in [0.1, 0.15) is 0 Å². The molecule has 3 rings (SSSR count). The molecule has 6 nitrogen and oxygen atoms in total. The zero-order valence-electron chi connectivity index (χ0n) is 16.5. The Bertz CT molecular complexity index is 875. The molecule has 0 bridgehead atoms. The maximum absolute atomic E-state index is 12.6. The number of ether oxygens (including phenoxy) is 1. The molecule has 0 spiro atoms. The molecule has 0 saturated carbocycles. The lowest BCUT2D eigenvalue weighted by Gasteiger charge is -2.32. The fourth-order valence-corrected chi connectivity index (χ4v) is 3.74. The summed E-state index contributed by atoms with van der Waals surface area (Å²) in [6.45, 7) is 8.71. The predicted octanol–water partition coefficient (Wildman–Crippen LogP) is 4.26. The number of imidazole rings is 1. The second-order valence-corrected chi connectivity index (χ2v) is 6.89. The third-order valence-corrected chi connectivity index (χ3v) is 5.34. The fourth-order valence-electron chi connectivity index (χ4n) is 3.51. The van der Waals surface area contributed by atoms with Gasteiger partial charge in [0, 0.05) is 17.3 Å². The molecule has 1 atom stereocenters. The molecule has 1 aromatic carbocycles. The van der Waals surface area contributed by atoms with Crippen molar-refractivity contribution in [3.8, 4) is 0 Å². The van der Waals surface area contributed by atoms with Crippen LogP contribution < -0.4 is 5.32 Å². The van der Waals surface area contributed by atoms with Crippen molar-refractivity contribution in [1.29, 1.82) is 0 Å². The molecule has 0 amide bonds. The van der Waals surface area contributed by atoms with E-state index in [9.17, 15) is 4.79 Å². The van der Waals surface area contributed by atoms with Gasteiger partial charge in [0.25, 0.3) is 0 Å². The highest BCUT2D eigenvalue weighted by Crippen LogP contribution is 2.40. The average Bonchev–Trinajstić information content (AvgIpc) is 3.07. The van der Waals surface area contributed by atoms with Crippen LogP contribution in [0.25, 0.3) is 0 Å². The smallest absolute Gasteiger partial charge is 0.337 e. The lowest BCUT2D eigenvalue weighted by atomic mass is 9.95. The second kappa shape index (κ2) is 9.45. The number of nitrogens with one attached hydrogen (secondary N) is 1. The van der Waals surface area contributed by atoms with Crippen molar-refractivity contribution >= 4 is 35.9 Å². The Kier molecular flexibility index (Phi) is 7.52. The number of halogens is 2. The number of allylic oxidation sites excluding steroid dienone is 1. The van der Waals surface area contributed by atoms with E-state index in [2.05, 4.69) is 33.6 Å². The van der Waals surface area contributed by atoms with Crippen LogP contribution in [0.15, 0.2) is 41.7 Å². The van der Waals surface area contributed by atoms with E-state index in [1.807, 2.05) is 37.4 Å². The number of rotatable bonds is 6. The first-order valence-corrected chi connectivity index (χ1v) is 9.48. The highest BCUT2D eigenvalue weighted by atomic mass is 35.5. The summed E-state index contributed by atoms with van der Waals surface area (Å²) in [4.78, 5) is 19.5. The zero-order chi connectivity index (χ0) is 19.6. The third-order valence-electron chi connectivity index (χ3n) is 4.99. The van der Waals surface area contributed by atoms with Crippen molar-refractivity contribution in [2.75, 3.05) is 25.5 Å². The highest BCUT2D eigenvalue weighted by Gasteiger charge is 2.35. The standard InChI is InChI=1S/C20H25ClN4O2.ClH/c1-5-24(6-2)12-14-11-22-20-23-13(3)17(19(26)27-4)18(25(14)20)15-9-7-8-10-16(15)21;/h7-11,18H,5-6,12H2,1-4H3,(H,22,23);1H. The number of esters is 1. The minimum Gasteiger partial charge on any atom is -0.466 e. The molecule has 2 heterocycles. The molecule has 28 heavy (non-hydrogen) atoms. The summed E-state index contributed by atoms with van der Waals surface area (Å²) in [6, 6.07) is 7.19. The molecule has 0 saturated heterocycles. The van der Waals surface area contributed by atoms with Gasteiger partial charge in [0.2, 0.25) is 5.95 Å². The van der Waals surface area contributed by atoms with Crippen LogP contribution in [0, 0.1) is 0 Å². The number of anilines is 1. The topological polar surface area (TPSA) is 59.4 Å². The molecule has 1 aromatic heterocycles. The maximum Gasteiger partial charge on any atom is 0.337 e. The van der Waals surface area contributed by atoms with Gasteiger partial charge in [-0.3, -0.25) is 4.90 Å². The Morgan fingerprint density at radius 1 is 1.32 bits per heavy atom. The van der Waals surface area contributed by atoms with Crippen LogP contribution in [0.2, 0.25) is 5.02 Å². The first-order valence-electron chi connectivity index (χ1n) is 9.10. The number of nitrogens with zero attached hydrogens (tertiary/aromatic N) is 3. The molecule has 1 aliphatic heterocycles. The molecular formula is C20H26Cl2N4O2. The Morgan fingerprint density at radius 3 is 2.61 bits per heavy atom. The van der Waals surface area contributed by atoms with Crippen LogP contribution in [0.4, 0.5) is 5.95 Å². The molecular weight excluding hydrogens is 399 g/mol. The van der Waals surface area contributed by atoms with Crippen molar-refractivity contribution in [3.63, 3.8) is 0 Å². The minimum atomic E-state index is -0.393. The van der Waals surface area contributed by atoms with Crippen LogP contribution in [0.3, 0.4) is 0 Å². The average molecular weight is 425 g/mol. The third kappa shape index (κ3) is 4.04. The number of hydrogen-bond acceptors (Lipinski definition) is 5. The Morgan fingerprint density at radius 2 is 2.00 bits per heavy atom. The highest BCUT2D eigenvalue weighted by molar-refractivity contribution is 6.31. The molecule has 152 valence electrons. The van der Waals surface area contributed by atoms with E-state index in [0.29, 0.717) is 16.5 Å². The number of hydrogen-bond donors (Lipinski definition) is 1. The van der Waals surface area contributed by atoms with E-state index in [0.717, 1.165) is 36.6 Å². The van der Waals surface area contributed by atoms with Crippen LogP contribution in [0.5, 0.6) is 0 Å². The maximum atomic E-state index is 12.6. The number of methoxy groups -OCH3 is 1. The normalized spacial score (nSPS) is 15.7. The van der Waals surface area contributed by atoms with Gasteiger partial charge in [-0.15, -0.1) is 12.4 Å². The molecule has 2 aromatic rings. The summed E-state index contributed by atoms with van der Waals surface area (Å²) in [7, 11) is 1.40. The SMILES string of the molecule is CCN(CC)Cc1cnc2n1C(c1ccccc1Cl)C(C(=O)OC)=C(C)N2.Cl. The number of benzene rings is 1. The van der Waals surface area contributed by atoms with E-state index in [1.165, 1.54) is 7.11 Å². The number of fused-ring (bicyclic) bond motifs is 1. The van der Waals surface area contributed by atoms with E-state index in [4.69, 9.17) is 16.3 Å². The van der Waals surface area contributed by atoms with E-state index < -0.39 is 6.04 Å². The van der Waals surface area contributed by atoms with Gasteiger partial charge in [0.05, 0.1) is 30.6 Å². The second-order valence-electron chi connectivity index (χ2n) is 6.48. The predicted molar refractivity (Wildman–Crippen MR) is 114 cm³/mol. The van der Waals surface area contributed by atoms with E-state index in [1.54, 1.807) is 0 Å². The van der Waals surface area contributed by atoms with Crippen molar-refractivity contribution < 1.29 is 9.53 Å². The number of carbonyl (C=O) groups is 1. The Balaban J connectivity index is 0.00000280. The van der Waals surface area contributed by atoms with Gasteiger partial charge >= 0.3 is 5.97 Å². The van der Waals surface area contributed by atoms with Crippen molar-refractivity contribution in [1.82, 2.24) is 14.5 Å². The molecule has 1 aliphatic rings. The van der Waals surface area contributed by atoms with Crippen LogP contribution >= 0.6 is 24.0 Å². The van der Waals surface area contributed by atoms with Gasteiger partial charge in [0.15, 0.2) is 0 Å². The zero-order valence-corrected chi connectivity index (χ0v) is 18.1. The Hall–Kier alpha value is -2.02. The molecule has 0 fully saturated rings. The summed E-state index contributed by atoms with van der Waals surface area (Å²) in [5.41, 5.74) is 3.12. The molecule has 8 heteroatoms. The van der Waals surface area contributed by atoms with Crippen LogP contribution in [-0.4, -0.2) is 40.6 Å². The van der Waals surface area contributed by atoms with Gasteiger partial charge in [-0.25, -0.2) is 9.78 Å². The monoisotopic (exact) mass is 424 g/mol. The van der Waals surface area contributed by atoms with Crippen LogP contribution in [-0.2, 0) is 16.1 Å². The lowest BCUT2D eigenvalue weighted by Crippen LogP contribution is -2.31. The van der Waals surface area contributed by atoms with Gasteiger partial charge in [-0.05, 0) is 31.6 Å². The first kappa shape index (κ1) is 22.3. The molecule has 0 aliphatic carbocycles. The molecule has 0 radical (unpaired) electrons. The number of aromatic nitrogens is 2. The van der Waals surface area contributed by atoms with Gasteiger partial charge in [-0.1, -0.05) is 43.6 Å². The summed E-state index contributed by atoms with van der Waals surface area (Å²) in [5.74, 6) is 0.324. The van der Waals surface area contributed by atoms with Crippen molar-refractivity contribution in [3.05, 3.63) is 58.0 Å². The van der Waals surface area contributed by atoms with Gasteiger partial charge < -0.3 is 14.6 Å². The largest absolute Gasteiger partial charge is 0.466 e. The molecule has 1 N–H and O–H groups in total. The summed E-state index contributed by atoms with van der Waals surface area (Å²) >= 11 is 6.53. The minimum absolute atomic E-state index is 0.